The highest BCUT2D eigenvalue weighted by Crippen LogP contribution is 2.33. The summed E-state index contributed by atoms with van der Waals surface area (Å²) in [5.41, 5.74) is 5.57. The molecule has 0 radical (unpaired) electrons. The summed E-state index contributed by atoms with van der Waals surface area (Å²) in [6.45, 7) is 0.552. The minimum atomic E-state index is -1.70. The molecule has 2 fully saturated rings. The Kier molecular flexibility index (Phi) is 6.16. The SMILES string of the molecule is CS(C)(=N)=Nc1ccc(-c2ccc(-c3nc4nc(O[C@@H]5CO[C@H]6[C@@H]5OC[C@H]6O)[nH]c4cc3Cl)cc2)cc1. The Balaban J connectivity index is 1.22. The molecule has 4 heterocycles. The summed E-state index contributed by atoms with van der Waals surface area (Å²) < 4.78 is 29.7. The summed E-state index contributed by atoms with van der Waals surface area (Å²) in [6, 6.07) is 18.0. The zero-order chi connectivity index (χ0) is 25.7. The third kappa shape index (κ3) is 4.95. The van der Waals surface area contributed by atoms with Gasteiger partial charge < -0.3 is 24.3 Å². The lowest BCUT2D eigenvalue weighted by molar-refractivity contribution is 0.00706. The molecule has 11 heteroatoms. The number of aromatic amines is 1. The molecular formula is C26H26ClN5O4S. The van der Waals surface area contributed by atoms with E-state index in [0.717, 1.165) is 22.4 Å². The highest BCUT2D eigenvalue weighted by atomic mass is 35.5. The van der Waals surface area contributed by atoms with Crippen LogP contribution in [0.3, 0.4) is 0 Å². The summed E-state index contributed by atoms with van der Waals surface area (Å²) in [5.74, 6) is 0. The van der Waals surface area contributed by atoms with Gasteiger partial charge in [-0.15, -0.1) is 0 Å². The van der Waals surface area contributed by atoms with Crippen molar-refractivity contribution in [2.45, 2.75) is 24.4 Å². The third-order valence-electron chi connectivity index (χ3n) is 6.34. The molecule has 4 atom stereocenters. The van der Waals surface area contributed by atoms with E-state index < -0.39 is 15.7 Å². The molecule has 2 aromatic heterocycles. The first-order valence-corrected chi connectivity index (χ1v) is 14.6. The molecule has 3 N–H and O–H groups in total. The molecule has 0 bridgehead atoms. The number of aromatic nitrogens is 3. The fraction of sp³-hybridized carbons (Fsp3) is 0.308. The van der Waals surface area contributed by atoms with Gasteiger partial charge in [0, 0.05) is 18.1 Å². The molecule has 2 aliphatic heterocycles. The molecule has 2 aromatic carbocycles. The Morgan fingerprint density at radius 3 is 2.35 bits per heavy atom. The van der Waals surface area contributed by atoms with Crippen LogP contribution in [-0.2, 0) is 19.1 Å². The standard InChI is InChI=1S/C26H26ClN5O4S/c1-37(2,28)32-17-9-7-15(8-10-17)14-3-5-16(6-4-14)22-18(27)11-19-25(30-22)31-26(29-19)36-21-13-35-23-20(33)12-34-24(21)23/h3-11,20-21,23-24,28,33H,12-13H2,1-2H3,(H,29,30,31)/t20-,21-,23-,24-/m1/s1. The van der Waals surface area contributed by atoms with E-state index in [4.69, 9.17) is 30.6 Å². The van der Waals surface area contributed by atoms with Crippen molar-refractivity contribution in [1.82, 2.24) is 15.0 Å². The number of H-pyrrole nitrogens is 1. The number of ether oxygens (including phenoxy) is 3. The summed E-state index contributed by atoms with van der Waals surface area (Å²) >= 11 is 6.59. The van der Waals surface area contributed by atoms with Gasteiger partial charge in [0.05, 0.1) is 35.1 Å². The lowest BCUT2D eigenvalue weighted by Gasteiger charge is -2.15. The Labute approximate surface area is 219 Å². The van der Waals surface area contributed by atoms with Gasteiger partial charge in [-0.1, -0.05) is 57.6 Å². The molecule has 0 unspecified atom stereocenters. The van der Waals surface area contributed by atoms with Gasteiger partial charge in [-0.05, 0) is 29.3 Å². The number of hydrogen-bond acceptors (Lipinski definition) is 8. The maximum absolute atomic E-state index is 9.93. The van der Waals surface area contributed by atoms with Gasteiger partial charge in [-0.2, -0.15) is 4.98 Å². The molecule has 37 heavy (non-hydrogen) atoms. The van der Waals surface area contributed by atoms with Crippen LogP contribution in [0.25, 0.3) is 33.5 Å². The lowest BCUT2D eigenvalue weighted by atomic mass is 10.0. The first-order valence-electron chi connectivity index (χ1n) is 11.8. The fourth-order valence-electron chi connectivity index (χ4n) is 4.64. The average molecular weight is 540 g/mol. The van der Waals surface area contributed by atoms with Crippen molar-refractivity contribution in [3.63, 3.8) is 0 Å². The van der Waals surface area contributed by atoms with Crippen LogP contribution in [0.4, 0.5) is 5.69 Å². The Hall–Kier alpha value is -3.02. The van der Waals surface area contributed by atoms with Crippen molar-refractivity contribution in [3.8, 4) is 28.4 Å². The van der Waals surface area contributed by atoms with Gasteiger partial charge in [0.1, 0.15) is 18.3 Å². The van der Waals surface area contributed by atoms with E-state index in [0.29, 0.717) is 34.5 Å². The number of aliphatic hydroxyl groups excluding tert-OH is 1. The van der Waals surface area contributed by atoms with Gasteiger partial charge in [0.15, 0.2) is 11.8 Å². The number of nitrogens with one attached hydrogen (secondary N) is 2. The lowest BCUT2D eigenvalue weighted by Crippen LogP contribution is -2.34. The molecule has 0 aliphatic carbocycles. The summed E-state index contributed by atoms with van der Waals surface area (Å²) in [5, 5.41) is 10.4. The van der Waals surface area contributed by atoms with Crippen LogP contribution in [0.2, 0.25) is 5.02 Å². The van der Waals surface area contributed by atoms with E-state index in [1.54, 1.807) is 6.07 Å². The molecule has 0 spiro atoms. The van der Waals surface area contributed by atoms with Crippen LogP contribution in [0, 0.1) is 4.78 Å². The fourth-order valence-corrected chi connectivity index (χ4v) is 5.55. The second kappa shape index (κ2) is 9.38. The van der Waals surface area contributed by atoms with E-state index in [2.05, 4.69) is 19.3 Å². The van der Waals surface area contributed by atoms with E-state index in [1.807, 2.05) is 61.0 Å². The Morgan fingerprint density at radius 1 is 1.00 bits per heavy atom. The number of imidazole rings is 1. The number of rotatable bonds is 5. The van der Waals surface area contributed by atoms with Crippen molar-refractivity contribution in [1.29, 1.82) is 4.78 Å². The van der Waals surface area contributed by atoms with Gasteiger partial charge >= 0.3 is 0 Å². The van der Waals surface area contributed by atoms with E-state index in [-0.39, 0.29) is 24.9 Å². The predicted molar refractivity (Wildman–Crippen MR) is 144 cm³/mol. The topological polar surface area (TPSA) is 126 Å². The third-order valence-corrected chi connectivity index (χ3v) is 7.30. The first kappa shape index (κ1) is 24.3. The zero-order valence-corrected chi connectivity index (χ0v) is 21.8. The maximum Gasteiger partial charge on any atom is 0.296 e. The molecular weight excluding hydrogens is 514 g/mol. The molecule has 6 rings (SSSR count). The molecule has 2 saturated heterocycles. The predicted octanol–water partition coefficient (Wildman–Crippen LogP) is 4.84. The molecule has 0 saturated carbocycles. The Bertz CT molecular complexity index is 1570. The normalized spacial score (nSPS) is 23.4. The summed E-state index contributed by atoms with van der Waals surface area (Å²) in [7, 11) is -1.70. The number of hydrogen-bond donors (Lipinski definition) is 3. The quantitative estimate of drug-likeness (QED) is 0.333. The molecule has 4 aromatic rings. The zero-order valence-electron chi connectivity index (χ0n) is 20.2. The van der Waals surface area contributed by atoms with Crippen LogP contribution in [0.15, 0.2) is 59.0 Å². The monoisotopic (exact) mass is 539 g/mol. The largest absolute Gasteiger partial charge is 0.456 e. The highest BCUT2D eigenvalue weighted by Gasteiger charge is 2.48. The van der Waals surface area contributed by atoms with Crippen LogP contribution in [0.1, 0.15) is 0 Å². The van der Waals surface area contributed by atoms with Crippen LogP contribution >= 0.6 is 11.6 Å². The van der Waals surface area contributed by atoms with Crippen molar-refractivity contribution in [3.05, 3.63) is 59.6 Å². The van der Waals surface area contributed by atoms with Gasteiger partial charge in [-0.25, -0.2) is 9.35 Å². The molecule has 2 aliphatic rings. The van der Waals surface area contributed by atoms with Crippen molar-refractivity contribution in [2.75, 3.05) is 25.7 Å². The summed E-state index contributed by atoms with van der Waals surface area (Å²) in [4.78, 5) is 12.3. The first-order chi connectivity index (χ1) is 17.7. The number of pyridine rings is 1. The van der Waals surface area contributed by atoms with Crippen molar-refractivity contribution in [2.24, 2.45) is 4.36 Å². The van der Waals surface area contributed by atoms with Gasteiger partial charge in [0.25, 0.3) is 6.01 Å². The van der Waals surface area contributed by atoms with Gasteiger partial charge in [-0.3, -0.25) is 4.78 Å². The van der Waals surface area contributed by atoms with E-state index >= 15 is 0 Å². The second-order valence-electron chi connectivity index (χ2n) is 9.54. The average Bonchev–Trinajstić information content (AvgIpc) is 3.55. The van der Waals surface area contributed by atoms with Crippen molar-refractivity contribution >= 4 is 38.1 Å². The van der Waals surface area contributed by atoms with Crippen molar-refractivity contribution < 1.29 is 19.3 Å². The van der Waals surface area contributed by atoms with Crippen LogP contribution < -0.4 is 4.74 Å². The maximum atomic E-state index is 9.93. The van der Waals surface area contributed by atoms with Crippen LogP contribution in [0.5, 0.6) is 6.01 Å². The highest BCUT2D eigenvalue weighted by molar-refractivity contribution is 7.93. The molecule has 192 valence electrons. The number of halogens is 1. The molecule has 0 amide bonds. The van der Waals surface area contributed by atoms with Crippen LogP contribution in [-0.4, -0.2) is 70.2 Å². The minimum Gasteiger partial charge on any atom is -0.456 e. The Morgan fingerprint density at radius 2 is 1.65 bits per heavy atom. The summed E-state index contributed by atoms with van der Waals surface area (Å²) in [6.07, 6.45) is 1.96. The smallest absolute Gasteiger partial charge is 0.296 e. The van der Waals surface area contributed by atoms with E-state index in [1.165, 1.54) is 0 Å². The number of fused-ring (bicyclic) bond motifs is 2. The number of benzene rings is 2. The van der Waals surface area contributed by atoms with E-state index in [9.17, 15) is 5.11 Å². The minimum absolute atomic E-state index is 0.237. The molecule has 9 nitrogen and oxygen atoms in total. The number of nitrogens with zero attached hydrogens (tertiary/aromatic N) is 3. The second-order valence-corrected chi connectivity index (χ2v) is 12.7. The number of aliphatic hydroxyl groups is 1. The van der Waals surface area contributed by atoms with Gasteiger partial charge in [0.2, 0.25) is 0 Å².